The number of aromatic amines is 1. The summed E-state index contributed by atoms with van der Waals surface area (Å²) in [7, 11) is 5.58. The number of methoxy groups -OCH3 is 1. The van der Waals surface area contributed by atoms with Gasteiger partial charge in [-0.3, -0.25) is 5.10 Å². The number of nitrogens with zero attached hydrogens (tertiary/aromatic N) is 2. The van der Waals surface area contributed by atoms with Crippen molar-refractivity contribution in [1.82, 2.24) is 10.2 Å². The molecule has 0 radical (unpaired) electrons. The lowest BCUT2D eigenvalue weighted by atomic mass is 10.1. The predicted molar refractivity (Wildman–Crippen MR) is 77.3 cm³/mol. The second-order valence-corrected chi connectivity index (χ2v) is 5.13. The largest absolute Gasteiger partial charge is 0.496 e. The molecule has 1 N–H and O–H groups in total. The molecule has 2 rings (SSSR count). The number of nitrogens with one attached hydrogen (secondary N) is 1. The molecule has 0 aliphatic carbocycles. The highest BCUT2D eigenvalue weighted by Crippen LogP contribution is 2.38. The number of H-pyrrole nitrogens is 1. The Labute approximate surface area is 115 Å². The van der Waals surface area contributed by atoms with Crippen LogP contribution in [0.15, 0.2) is 22.7 Å². The van der Waals surface area contributed by atoms with Gasteiger partial charge in [0.05, 0.1) is 17.3 Å². The van der Waals surface area contributed by atoms with Gasteiger partial charge >= 0.3 is 0 Å². The van der Waals surface area contributed by atoms with Crippen LogP contribution in [0.1, 0.15) is 5.56 Å². The highest BCUT2D eigenvalue weighted by molar-refractivity contribution is 9.10. The molecule has 0 spiro atoms. The van der Waals surface area contributed by atoms with Crippen LogP contribution in [0.3, 0.4) is 0 Å². The molecule has 1 heterocycles. The van der Waals surface area contributed by atoms with Gasteiger partial charge in [-0.15, -0.1) is 0 Å². The maximum atomic E-state index is 5.40. The van der Waals surface area contributed by atoms with E-state index in [4.69, 9.17) is 4.74 Å². The first-order chi connectivity index (χ1) is 8.54. The van der Waals surface area contributed by atoms with Crippen molar-refractivity contribution in [2.45, 2.75) is 6.92 Å². The highest BCUT2D eigenvalue weighted by Gasteiger charge is 2.16. The van der Waals surface area contributed by atoms with E-state index >= 15 is 0 Å². The normalized spacial score (nSPS) is 10.5. The van der Waals surface area contributed by atoms with Crippen molar-refractivity contribution in [3.8, 4) is 17.0 Å². The van der Waals surface area contributed by atoms with Gasteiger partial charge in [0.2, 0.25) is 0 Å². The number of anilines is 1. The fourth-order valence-corrected chi connectivity index (χ4v) is 2.56. The third-order valence-electron chi connectivity index (χ3n) is 2.74. The quantitative estimate of drug-likeness (QED) is 0.946. The molecular weight excluding hydrogens is 294 g/mol. The number of halogens is 1. The van der Waals surface area contributed by atoms with E-state index in [1.54, 1.807) is 7.11 Å². The fraction of sp³-hybridized carbons (Fsp3) is 0.308. The Morgan fingerprint density at radius 1 is 1.33 bits per heavy atom. The van der Waals surface area contributed by atoms with Gasteiger partial charge in [-0.05, 0) is 35.0 Å². The van der Waals surface area contributed by atoms with Crippen molar-refractivity contribution in [3.05, 3.63) is 28.2 Å². The SMILES string of the molecule is COc1ccc(C)cc1-c1[nH]nc(N(C)C)c1Br. The summed E-state index contributed by atoms with van der Waals surface area (Å²) in [5.41, 5.74) is 3.11. The molecule has 0 saturated carbocycles. The zero-order chi connectivity index (χ0) is 13.3. The first-order valence-corrected chi connectivity index (χ1v) is 6.40. The van der Waals surface area contributed by atoms with Gasteiger partial charge in [-0.1, -0.05) is 11.6 Å². The number of rotatable bonds is 3. The van der Waals surface area contributed by atoms with Crippen molar-refractivity contribution < 1.29 is 4.74 Å². The summed E-state index contributed by atoms with van der Waals surface area (Å²) in [6, 6.07) is 6.07. The van der Waals surface area contributed by atoms with Crippen LogP contribution in [0.5, 0.6) is 5.75 Å². The van der Waals surface area contributed by atoms with Crippen LogP contribution in [0.25, 0.3) is 11.3 Å². The number of ether oxygens (including phenoxy) is 1. The molecule has 18 heavy (non-hydrogen) atoms. The molecule has 5 heteroatoms. The molecule has 1 aromatic carbocycles. The Bertz CT molecular complexity index is 563. The highest BCUT2D eigenvalue weighted by atomic mass is 79.9. The second-order valence-electron chi connectivity index (χ2n) is 4.33. The van der Waals surface area contributed by atoms with Crippen molar-refractivity contribution in [3.63, 3.8) is 0 Å². The van der Waals surface area contributed by atoms with Crippen LogP contribution >= 0.6 is 15.9 Å². The molecule has 96 valence electrons. The van der Waals surface area contributed by atoms with Gasteiger partial charge < -0.3 is 9.64 Å². The lowest BCUT2D eigenvalue weighted by Gasteiger charge is -2.10. The minimum Gasteiger partial charge on any atom is -0.496 e. The Hall–Kier alpha value is -1.49. The van der Waals surface area contributed by atoms with E-state index in [9.17, 15) is 0 Å². The number of benzene rings is 1. The van der Waals surface area contributed by atoms with E-state index < -0.39 is 0 Å². The summed E-state index contributed by atoms with van der Waals surface area (Å²) >= 11 is 3.59. The number of hydrogen-bond acceptors (Lipinski definition) is 3. The molecule has 0 bridgehead atoms. The Kier molecular flexibility index (Phi) is 3.61. The molecule has 0 saturated heterocycles. The maximum Gasteiger partial charge on any atom is 0.164 e. The van der Waals surface area contributed by atoms with Crippen LogP contribution < -0.4 is 9.64 Å². The van der Waals surface area contributed by atoms with Gasteiger partial charge in [-0.25, -0.2) is 0 Å². The van der Waals surface area contributed by atoms with Crippen molar-refractivity contribution >= 4 is 21.7 Å². The third-order valence-corrected chi connectivity index (χ3v) is 3.49. The molecule has 0 aliphatic rings. The molecule has 0 atom stereocenters. The smallest absolute Gasteiger partial charge is 0.164 e. The standard InChI is InChI=1S/C13H16BrN3O/c1-8-5-6-10(18-4)9(7-8)12-11(14)13(16-15-12)17(2)3/h5-7H,1-4H3,(H,15,16). The lowest BCUT2D eigenvalue weighted by molar-refractivity contribution is 0.416. The van der Waals surface area contributed by atoms with Gasteiger partial charge in [-0.2, -0.15) is 5.10 Å². The zero-order valence-electron chi connectivity index (χ0n) is 10.9. The summed E-state index contributed by atoms with van der Waals surface area (Å²) in [5.74, 6) is 1.70. The summed E-state index contributed by atoms with van der Waals surface area (Å²) in [4.78, 5) is 1.95. The van der Waals surface area contributed by atoms with Crippen LogP contribution in [0, 0.1) is 6.92 Å². The molecule has 2 aromatic rings. The van der Waals surface area contributed by atoms with Crippen LogP contribution in [0.2, 0.25) is 0 Å². The lowest BCUT2D eigenvalue weighted by Crippen LogP contribution is -2.09. The number of hydrogen-bond donors (Lipinski definition) is 1. The van der Waals surface area contributed by atoms with E-state index in [2.05, 4.69) is 39.1 Å². The number of aryl methyl sites for hydroxylation is 1. The monoisotopic (exact) mass is 309 g/mol. The first kappa shape index (κ1) is 13.0. The summed E-state index contributed by atoms with van der Waals surface area (Å²) in [5, 5.41) is 7.35. The van der Waals surface area contributed by atoms with Crippen LogP contribution in [-0.4, -0.2) is 31.4 Å². The molecule has 1 aromatic heterocycles. The minimum atomic E-state index is 0.829. The van der Waals surface area contributed by atoms with Gasteiger partial charge in [0.25, 0.3) is 0 Å². The minimum absolute atomic E-state index is 0.829. The topological polar surface area (TPSA) is 41.1 Å². The van der Waals surface area contributed by atoms with E-state index in [0.717, 1.165) is 27.3 Å². The van der Waals surface area contributed by atoms with Crippen LogP contribution in [-0.2, 0) is 0 Å². The molecule has 0 aliphatic heterocycles. The molecule has 0 unspecified atom stereocenters. The van der Waals surface area contributed by atoms with E-state index in [0.29, 0.717) is 0 Å². The van der Waals surface area contributed by atoms with E-state index in [1.807, 2.05) is 31.1 Å². The predicted octanol–water partition coefficient (Wildman–Crippen LogP) is 3.22. The summed E-state index contributed by atoms with van der Waals surface area (Å²) in [6.07, 6.45) is 0. The summed E-state index contributed by atoms with van der Waals surface area (Å²) in [6.45, 7) is 2.06. The van der Waals surface area contributed by atoms with Crippen LogP contribution in [0.4, 0.5) is 5.82 Å². The Balaban J connectivity index is 2.58. The van der Waals surface area contributed by atoms with E-state index in [1.165, 1.54) is 5.56 Å². The fourth-order valence-electron chi connectivity index (χ4n) is 1.81. The molecule has 0 amide bonds. The van der Waals surface area contributed by atoms with E-state index in [-0.39, 0.29) is 0 Å². The molecule has 0 fully saturated rings. The first-order valence-electron chi connectivity index (χ1n) is 5.60. The van der Waals surface area contributed by atoms with Gasteiger partial charge in [0.1, 0.15) is 5.75 Å². The zero-order valence-corrected chi connectivity index (χ0v) is 12.5. The van der Waals surface area contributed by atoms with Crippen molar-refractivity contribution in [1.29, 1.82) is 0 Å². The molecular formula is C13H16BrN3O. The Morgan fingerprint density at radius 3 is 2.61 bits per heavy atom. The Morgan fingerprint density at radius 2 is 2.06 bits per heavy atom. The average Bonchev–Trinajstić information content (AvgIpc) is 2.71. The number of aromatic nitrogens is 2. The van der Waals surface area contributed by atoms with Crippen molar-refractivity contribution in [2.75, 3.05) is 26.1 Å². The molecule has 4 nitrogen and oxygen atoms in total. The van der Waals surface area contributed by atoms with Crippen molar-refractivity contribution in [2.24, 2.45) is 0 Å². The summed E-state index contributed by atoms with van der Waals surface area (Å²) < 4.78 is 6.34. The third kappa shape index (κ3) is 2.22. The van der Waals surface area contributed by atoms with Gasteiger partial charge in [0.15, 0.2) is 5.82 Å². The van der Waals surface area contributed by atoms with Gasteiger partial charge in [0, 0.05) is 19.7 Å². The average molecular weight is 310 g/mol. The second kappa shape index (κ2) is 5.02. The maximum absolute atomic E-state index is 5.40.